The zero-order valence-electron chi connectivity index (χ0n) is 2.70. The van der Waals surface area contributed by atoms with Gasteiger partial charge in [-0.15, -0.1) is 0 Å². The first kappa shape index (κ1) is 9.88. The van der Waals surface area contributed by atoms with Crippen LogP contribution in [0.25, 0.3) is 0 Å². The third-order valence-corrected chi connectivity index (χ3v) is 0. The second-order valence-corrected chi connectivity index (χ2v) is 1.34. The SMILES string of the molecule is O=S(=O)(O)O.[In]. The van der Waals surface area contributed by atoms with Crippen molar-refractivity contribution in [3.63, 3.8) is 0 Å². The summed E-state index contributed by atoms with van der Waals surface area (Å²) >= 11 is 0. The van der Waals surface area contributed by atoms with Crippen molar-refractivity contribution in [3.05, 3.63) is 0 Å². The Labute approximate surface area is 53.9 Å². The van der Waals surface area contributed by atoms with E-state index in [2.05, 4.69) is 0 Å². The van der Waals surface area contributed by atoms with Crippen LogP contribution in [-0.4, -0.2) is 43.4 Å². The van der Waals surface area contributed by atoms with E-state index < -0.39 is 10.4 Å². The molecule has 0 aromatic heterocycles. The summed E-state index contributed by atoms with van der Waals surface area (Å²) in [5, 5.41) is 0. The molecule has 0 spiro atoms. The van der Waals surface area contributed by atoms with E-state index in [1.54, 1.807) is 0 Å². The molecular weight excluding hydrogens is 211 g/mol. The molecule has 0 unspecified atom stereocenters. The summed E-state index contributed by atoms with van der Waals surface area (Å²) in [5.74, 6) is 0. The van der Waals surface area contributed by atoms with Crippen molar-refractivity contribution in [1.82, 2.24) is 0 Å². The molecule has 0 rings (SSSR count). The van der Waals surface area contributed by atoms with Crippen molar-refractivity contribution in [1.29, 1.82) is 0 Å². The van der Waals surface area contributed by atoms with Gasteiger partial charge in [0.25, 0.3) is 0 Å². The molecular formula is H2InO4S. The largest absolute Gasteiger partial charge is 0.394 e. The molecule has 0 atom stereocenters. The standard InChI is InChI=1S/In.H2O4S/c;1-5(2,3)4/h;(H2,1,2,3,4). The molecule has 0 aromatic carbocycles. The summed E-state index contributed by atoms with van der Waals surface area (Å²) in [6.07, 6.45) is 0. The monoisotopic (exact) mass is 213 g/mol. The molecule has 0 fully saturated rings. The van der Waals surface area contributed by atoms with Gasteiger partial charge in [0.15, 0.2) is 0 Å². The zero-order valence-corrected chi connectivity index (χ0v) is 6.81. The van der Waals surface area contributed by atoms with E-state index in [0.29, 0.717) is 0 Å². The predicted octanol–water partition coefficient (Wildman–Crippen LogP) is -1.03. The fraction of sp³-hybridized carbons (Fsp3) is 0. The third-order valence-electron chi connectivity index (χ3n) is 0. The molecule has 0 heterocycles. The number of rotatable bonds is 0. The van der Waals surface area contributed by atoms with E-state index in [0.717, 1.165) is 0 Å². The van der Waals surface area contributed by atoms with E-state index in [-0.39, 0.29) is 25.8 Å². The molecule has 0 amide bonds. The van der Waals surface area contributed by atoms with Crippen molar-refractivity contribution in [3.8, 4) is 0 Å². The van der Waals surface area contributed by atoms with Gasteiger partial charge < -0.3 is 0 Å². The van der Waals surface area contributed by atoms with E-state index in [4.69, 9.17) is 17.5 Å². The molecule has 0 aliphatic heterocycles. The Kier molecular flexibility index (Phi) is 4.68. The predicted molar refractivity (Wildman–Crippen MR) is 19.9 cm³/mol. The Balaban J connectivity index is 0. The van der Waals surface area contributed by atoms with Crippen LogP contribution in [0, 0.1) is 0 Å². The molecule has 0 aromatic rings. The van der Waals surface area contributed by atoms with Crippen LogP contribution in [0.15, 0.2) is 0 Å². The first-order chi connectivity index (χ1) is 2.00. The first-order valence-corrected chi connectivity index (χ1v) is 2.10. The average molecular weight is 213 g/mol. The van der Waals surface area contributed by atoms with Gasteiger partial charge in [-0.05, 0) is 0 Å². The average Bonchev–Trinajstić information content (AvgIpc) is 0.722. The second-order valence-electron chi connectivity index (χ2n) is 0.448. The Morgan fingerprint density at radius 3 is 1.17 bits per heavy atom. The maximum absolute atomic E-state index is 8.74. The Bertz CT molecular complexity index is 90.7. The van der Waals surface area contributed by atoms with E-state index in [9.17, 15) is 0 Å². The van der Waals surface area contributed by atoms with Gasteiger partial charge in [0.05, 0.1) is 0 Å². The van der Waals surface area contributed by atoms with E-state index in [1.165, 1.54) is 0 Å². The molecule has 4 nitrogen and oxygen atoms in total. The van der Waals surface area contributed by atoms with Gasteiger partial charge in [-0.2, -0.15) is 8.42 Å². The Morgan fingerprint density at radius 2 is 1.17 bits per heavy atom. The van der Waals surface area contributed by atoms with Gasteiger partial charge in [-0.1, -0.05) is 0 Å². The van der Waals surface area contributed by atoms with Gasteiger partial charge in [-0.3, -0.25) is 9.11 Å². The van der Waals surface area contributed by atoms with Crippen molar-refractivity contribution < 1.29 is 17.5 Å². The van der Waals surface area contributed by atoms with Crippen molar-refractivity contribution in [2.24, 2.45) is 0 Å². The maximum atomic E-state index is 8.74. The minimum atomic E-state index is -4.67. The van der Waals surface area contributed by atoms with Crippen LogP contribution in [0.3, 0.4) is 0 Å². The molecule has 0 aliphatic carbocycles. The third kappa shape index (κ3) is 121. The summed E-state index contributed by atoms with van der Waals surface area (Å²) in [7, 11) is -4.67. The van der Waals surface area contributed by atoms with Crippen LogP contribution >= 0.6 is 0 Å². The molecule has 0 aliphatic rings. The Morgan fingerprint density at radius 1 is 1.17 bits per heavy atom. The molecule has 3 radical (unpaired) electrons. The minimum absolute atomic E-state index is 0. The van der Waals surface area contributed by atoms with Crippen molar-refractivity contribution in [2.75, 3.05) is 0 Å². The molecule has 6 heteroatoms. The van der Waals surface area contributed by atoms with Gasteiger partial charge in [0.2, 0.25) is 0 Å². The molecule has 0 saturated carbocycles. The fourth-order valence-corrected chi connectivity index (χ4v) is 0. The maximum Gasteiger partial charge on any atom is 0.394 e. The van der Waals surface area contributed by atoms with Crippen molar-refractivity contribution in [2.45, 2.75) is 0 Å². The molecule has 35 valence electrons. The van der Waals surface area contributed by atoms with E-state index in [1.807, 2.05) is 0 Å². The smallest absolute Gasteiger partial charge is 0.264 e. The number of hydrogen-bond acceptors (Lipinski definition) is 2. The van der Waals surface area contributed by atoms with Crippen molar-refractivity contribution >= 4 is 36.2 Å². The summed E-state index contributed by atoms with van der Waals surface area (Å²) in [6, 6.07) is 0. The van der Waals surface area contributed by atoms with Gasteiger partial charge >= 0.3 is 10.4 Å². The van der Waals surface area contributed by atoms with Gasteiger partial charge in [-0.25, -0.2) is 0 Å². The summed E-state index contributed by atoms with van der Waals surface area (Å²) in [5.41, 5.74) is 0. The summed E-state index contributed by atoms with van der Waals surface area (Å²) < 4.78 is 31.6. The fourth-order valence-electron chi connectivity index (χ4n) is 0. The van der Waals surface area contributed by atoms with Crippen LogP contribution in [0.4, 0.5) is 0 Å². The summed E-state index contributed by atoms with van der Waals surface area (Å²) in [6.45, 7) is 0. The van der Waals surface area contributed by atoms with Crippen LogP contribution in [0.5, 0.6) is 0 Å². The van der Waals surface area contributed by atoms with Gasteiger partial charge in [0.1, 0.15) is 0 Å². The minimum Gasteiger partial charge on any atom is -0.264 e. The quantitative estimate of drug-likeness (QED) is 0.504. The van der Waals surface area contributed by atoms with Crippen LogP contribution in [0.2, 0.25) is 0 Å². The molecule has 0 saturated heterocycles. The Hall–Kier alpha value is 0.740. The van der Waals surface area contributed by atoms with Crippen LogP contribution in [0.1, 0.15) is 0 Å². The zero-order chi connectivity index (χ0) is 4.50. The normalized spacial score (nSPS) is 9.67. The topological polar surface area (TPSA) is 74.6 Å². The second kappa shape index (κ2) is 2.84. The molecule has 0 bridgehead atoms. The first-order valence-electron chi connectivity index (χ1n) is 0.698. The summed E-state index contributed by atoms with van der Waals surface area (Å²) in [4.78, 5) is 0. The number of hydrogen-bond donors (Lipinski definition) is 2. The van der Waals surface area contributed by atoms with Crippen LogP contribution < -0.4 is 0 Å². The molecule has 2 N–H and O–H groups in total. The van der Waals surface area contributed by atoms with Gasteiger partial charge in [0, 0.05) is 25.8 Å². The van der Waals surface area contributed by atoms with E-state index >= 15 is 0 Å². The van der Waals surface area contributed by atoms with Crippen LogP contribution in [-0.2, 0) is 10.4 Å². The molecule has 6 heavy (non-hydrogen) atoms.